The Morgan fingerprint density at radius 2 is 2.05 bits per heavy atom. The van der Waals surface area contributed by atoms with Gasteiger partial charge in [0.15, 0.2) is 0 Å². The summed E-state index contributed by atoms with van der Waals surface area (Å²) in [6, 6.07) is -0.880. The van der Waals surface area contributed by atoms with E-state index in [1.54, 1.807) is 20.8 Å². The standard InChI is InChI=1S/C13H20N2O4/c1-5-7(2)12(13(17)18)15-10(16)6-11-14-8(3)9(4)19-11/h7,12H,5-6H2,1-4H3,(H,15,16)(H,17,18)/t7-,12-/m0/s1. The minimum Gasteiger partial charge on any atom is -0.480 e. The molecular weight excluding hydrogens is 248 g/mol. The van der Waals surface area contributed by atoms with Crippen LogP contribution in [0, 0.1) is 19.8 Å². The first-order valence-electron chi connectivity index (χ1n) is 6.30. The van der Waals surface area contributed by atoms with Gasteiger partial charge in [0, 0.05) is 0 Å². The lowest BCUT2D eigenvalue weighted by atomic mass is 9.99. The lowest BCUT2D eigenvalue weighted by molar-refractivity contribution is -0.143. The van der Waals surface area contributed by atoms with E-state index in [0.717, 1.165) is 5.69 Å². The summed E-state index contributed by atoms with van der Waals surface area (Å²) >= 11 is 0. The zero-order valence-electron chi connectivity index (χ0n) is 11.7. The minimum atomic E-state index is -1.03. The van der Waals surface area contributed by atoms with Gasteiger partial charge in [-0.1, -0.05) is 20.3 Å². The lowest BCUT2D eigenvalue weighted by Gasteiger charge is -2.19. The topological polar surface area (TPSA) is 92.4 Å². The fraction of sp³-hybridized carbons (Fsp3) is 0.615. The summed E-state index contributed by atoms with van der Waals surface area (Å²) in [6.07, 6.45) is 0.628. The van der Waals surface area contributed by atoms with Gasteiger partial charge in [0.25, 0.3) is 0 Å². The van der Waals surface area contributed by atoms with Gasteiger partial charge in [0.1, 0.15) is 18.2 Å². The van der Waals surface area contributed by atoms with E-state index in [2.05, 4.69) is 10.3 Å². The van der Waals surface area contributed by atoms with E-state index in [4.69, 9.17) is 9.52 Å². The summed E-state index contributed by atoms with van der Waals surface area (Å²) in [5, 5.41) is 11.6. The molecular formula is C13H20N2O4. The Bertz CT molecular complexity index is 448. The second-order valence-corrected chi connectivity index (χ2v) is 4.69. The van der Waals surface area contributed by atoms with Gasteiger partial charge in [-0.2, -0.15) is 0 Å². The van der Waals surface area contributed by atoms with Crippen LogP contribution in [0.5, 0.6) is 0 Å². The molecule has 0 unspecified atom stereocenters. The molecule has 0 aliphatic heterocycles. The Balaban J connectivity index is 2.65. The van der Waals surface area contributed by atoms with E-state index in [1.807, 2.05) is 6.92 Å². The maximum atomic E-state index is 11.8. The monoisotopic (exact) mass is 268 g/mol. The average Bonchev–Trinajstić information content (AvgIpc) is 2.63. The molecule has 1 amide bonds. The maximum absolute atomic E-state index is 11.8. The molecule has 2 atom stereocenters. The molecule has 1 rings (SSSR count). The highest BCUT2D eigenvalue weighted by Crippen LogP contribution is 2.10. The van der Waals surface area contributed by atoms with Crippen LogP contribution in [-0.2, 0) is 16.0 Å². The largest absolute Gasteiger partial charge is 0.480 e. The second-order valence-electron chi connectivity index (χ2n) is 4.69. The third kappa shape index (κ3) is 4.08. The van der Waals surface area contributed by atoms with Crippen molar-refractivity contribution in [2.24, 2.45) is 5.92 Å². The Kier molecular flexibility index (Phi) is 5.09. The Labute approximate surface area is 112 Å². The van der Waals surface area contributed by atoms with Crippen LogP contribution in [0.25, 0.3) is 0 Å². The van der Waals surface area contributed by atoms with Crippen molar-refractivity contribution in [1.29, 1.82) is 0 Å². The molecule has 6 heteroatoms. The van der Waals surface area contributed by atoms with Crippen LogP contribution < -0.4 is 5.32 Å². The number of oxazole rings is 1. The summed E-state index contributed by atoms with van der Waals surface area (Å²) in [7, 11) is 0. The summed E-state index contributed by atoms with van der Waals surface area (Å²) < 4.78 is 5.29. The highest BCUT2D eigenvalue weighted by atomic mass is 16.4. The molecule has 19 heavy (non-hydrogen) atoms. The molecule has 0 radical (unpaired) electrons. The maximum Gasteiger partial charge on any atom is 0.326 e. The zero-order valence-corrected chi connectivity index (χ0v) is 11.7. The van der Waals surface area contributed by atoms with Gasteiger partial charge in [0.05, 0.1) is 5.69 Å². The van der Waals surface area contributed by atoms with E-state index in [9.17, 15) is 9.59 Å². The van der Waals surface area contributed by atoms with Gasteiger partial charge in [0.2, 0.25) is 11.8 Å². The molecule has 0 aliphatic carbocycles. The molecule has 0 aliphatic rings. The number of carbonyl (C=O) groups excluding carboxylic acids is 1. The predicted octanol–water partition coefficient (Wildman–Crippen LogP) is 1.45. The second kappa shape index (κ2) is 6.36. The van der Waals surface area contributed by atoms with Crippen molar-refractivity contribution in [3.05, 3.63) is 17.3 Å². The highest BCUT2D eigenvalue weighted by molar-refractivity contribution is 5.84. The predicted molar refractivity (Wildman–Crippen MR) is 68.7 cm³/mol. The molecule has 1 heterocycles. The van der Waals surface area contributed by atoms with Crippen LogP contribution in [0.3, 0.4) is 0 Å². The molecule has 106 valence electrons. The molecule has 2 N–H and O–H groups in total. The van der Waals surface area contributed by atoms with Gasteiger partial charge >= 0.3 is 5.97 Å². The van der Waals surface area contributed by atoms with E-state index in [0.29, 0.717) is 18.1 Å². The third-order valence-corrected chi connectivity index (χ3v) is 3.18. The zero-order chi connectivity index (χ0) is 14.6. The highest BCUT2D eigenvalue weighted by Gasteiger charge is 2.25. The summed E-state index contributed by atoms with van der Waals surface area (Å²) in [5.74, 6) is -0.578. The number of nitrogens with zero attached hydrogens (tertiary/aromatic N) is 1. The van der Waals surface area contributed by atoms with Crippen molar-refractivity contribution in [3.63, 3.8) is 0 Å². The quantitative estimate of drug-likeness (QED) is 0.814. The fourth-order valence-electron chi connectivity index (χ4n) is 1.66. The van der Waals surface area contributed by atoms with E-state index >= 15 is 0 Å². The SMILES string of the molecule is CC[C@H](C)[C@H](NC(=O)Cc1nc(C)c(C)o1)C(=O)O. The van der Waals surface area contributed by atoms with Crippen LogP contribution in [0.4, 0.5) is 0 Å². The number of carbonyl (C=O) groups is 2. The van der Waals surface area contributed by atoms with Crippen LogP contribution in [0.1, 0.15) is 37.6 Å². The van der Waals surface area contributed by atoms with Crippen molar-refractivity contribution in [2.75, 3.05) is 0 Å². The average molecular weight is 268 g/mol. The number of carboxylic acid groups (broad SMARTS) is 1. The van der Waals surface area contributed by atoms with Crippen LogP contribution in [-0.4, -0.2) is 28.0 Å². The first-order valence-corrected chi connectivity index (χ1v) is 6.30. The summed E-state index contributed by atoms with van der Waals surface area (Å²) in [4.78, 5) is 27.0. The van der Waals surface area contributed by atoms with Gasteiger partial charge < -0.3 is 14.8 Å². The molecule has 0 saturated heterocycles. The molecule has 1 aromatic heterocycles. The number of aliphatic carboxylic acids is 1. The molecule has 1 aromatic rings. The number of nitrogens with one attached hydrogen (secondary N) is 1. The number of carboxylic acids is 1. The first kappa shape index (κ1) is 15.2. The third-order valence-electron chi connectivity index (χ3n) is 3.18. The van der Waals surface area contributed by atoms with Crippen LogP contribution in [0.15, 0.2) is 4.42 Å². The summed E-state index contributed by atoms with van der Waals surface area (Å²) in [6.45, 7) is 7.23. The number of aromatic nitrogens is 1. The number of hydrogen-bond acceptors (Lipinski definition) is 4. The number of aryl methyl sites for hydroxylation is 2. The molecule has 6 nitrogen and oxygen atoms in total. The lowest BCUT2D eigenvalue weighted by Crippen LogP contribution is -2.45. The van der Waals surface area contributed by atoms with E-state index in [-0.39, 0.29) is 12.3 Å². The van der Waals surface area contributed by atoms with Gasteiger partial charge in [-0.3, -0.25) is 4.79 Å². The molecule has 0 bridgehead atoms. The van der Waals surface area contributed by atoms with Crippen LogP contribution in [0.2, 0.25) is 0 Å². The van der Waals surface area contributed by atoms with Crippen molar-refractivity contribution in [3.8, 4) is 0 Å². The number of amides is 1. The van der Waals surface area contributed by atoms with Gasteiger partial charge in [-0.15, -0.1) is 0 Å². The van der Waals surface area contributed by atoms with Crippen molar-refractivity contribution >= 4 is 11.9 Å². The molecule has 0 spiro atoms. The van der Waals surface area contributed by atoms with Crippen molar-refractivity contribution in [1.82, 2.24) is 10.3 Å². The number of rotatable bonds is 6. The summed E-state index contributed by atoms with van der Waals surface area (Å²) in [5.41, 5.74) is 0.736. The Morgan fingerprint density at radius 1 is 1.42 bits per heavy atom. The minimum absolute atomic E-state index is 0.0467. The molecule has 0 saturated carbocycles. The van der Waals surface area contributed by atoms with Crippen LogP contribution >= 0.6 is 0 Å². The van der Waals surface area contributed by atoms with Gasteiger partial charge in [-0.05, 0) is 19.8 Å². The first-order chi connectivity index (χ1) is 8.85. The smallest absolute Gasteiger partial charge is 0.326 e. The van der Waals surface area contributed by atoms with Gasteiger partial charge in [-0.25, -0.2) is 9.78 Å². The van der Waals surface area contributed by atoms with Crippen molar-refractivity contribution in [2.45, 2.75) is 46.6 Å². The van der Waals surface area contributed by atoms with E-state index < -0.39 is 17.9 Å². The Morgan fingerprint density at radius 3 is 2.47 bits per heavy atom. The van der Waals surface area contributed by atoms with Crippen molar-refractivity contribution < 1.29 is 19.1 Å². The molecule has 0 aromatic carbocycles. The normalized spacial score (nSPS) is 13.9. The Hall–Kier alpha value is -1.85. The number of hydrogen-bond donors (Lipinski definition) is 2. The molecule has 0 fully saturated rings. The fourth-order valence-corrected chi connectivity index (χ4v) is 1.66. The van der Waals surface area contributed by atoms with E-state index in [1.165, 1.54) is 0 Å².